The minimum atomic E-state index is -1.03. The molecule has 5 heteroatoms. The summed E-state index contributed by atoms with van der Waals surface area (Å²) < 4.78 is 5.38. The molecule has 0 bridgehead atoms. The molecule has 0 radical (unpaired) electrons. The fourth-order valence-corrected chi connectivity index (χ4v) is 3.31. The quantitative estimate of drug-likeness (QED) is 0.905. The van der Waals surface area contributed by atoms with Crippen molar-refractivity contribution in [3.63, 3.8) is 0 Å². The second kappa shape index (κ2) is 6.35. The molecule has 2 aromatic rings. The zero-order valence-corrected chi connectivity index (χ0v) is 13.6. The van der Waals surface area contributed by atoms with Gasteiger partial charge in [-0.3, -0.25) is 4.79 Å². The number of amides is 1. The van der Waals surface area contributed by atoms with Crippen molar-refractivity contribution in [2.45, 2.75) is 25.8 Å². The number of carbonyl (C=O) groups is 2. The van der Waals surface area contributed by atoms with E-state index in [9.17, 15) is 14.7 Å². The summed E-state index contributed by atoms with van der Waals surface area (Å²) in [6.45, 7) is 1.66. The molecule has 2 N–H and O–H groups in total. The first-order valence-electron chi connectivity index (χ1n) is 7.82. The van der Waals surface area contributed by atoms with Gasteiger partial charge in [-0.05, 0) is 54.7 Å². The molecule has 0 saturated heterocycles. The lowest BCUT2D eigenvalue weighted by Crippen LogP contribution is -2.28. The second-order valence-electron chi connectivity index (χ2n) is 5.88. The summed E-state index contributed by atoms with van der Waals surface area (Å²) >= 11 is 0. The molecule has 124 valence electrons. The summed E-state index contributed by atoms with van der Waals surface area (Å²) in [6, 6.07) is 10.5. The smallest absolute Gasteiger partial charge is 0.335 e. The Morgan fingerprint density at radius 3 is 2.58 bits per heavy atom. The van der Waals surface area contributed by atoms with Gasteiger partial charge in [0, 0.05) is 5.56 Å². The van der Waals surface area contributed by atoms with E-state index in [2.05, 4.69) is 5.32 Å². The molecule has 2 aromatic carbocycles. The number of nitrogens with one attached hydrogen (secondary N) is 1. The molecule has 0 spiro atoms. The Morgan fingerprint density at radius 1 is 1.17 bits per heavy atom. The van der Waals surface area contributed by atoms with E-state index < -0.39 is 5.97 Å². The molecule has 5 nitrogen and oxygen atoms in total. The fourth-order valence-electron chi connectivity index (χ4n) is 3.31. The number of hydrogen-bond acceptors (Lipinski definition) is 3. The van der Waals surface area contributed by atoms with Gasteiger partial charge in [0.05, 0.1) is 18.7 Å². The Hall–Kier alpha value is -2.82. The van der Waals surface area contributed by atoms with E-state index in [1.807, 2.05) is 18.2 Å². The molecule has 24 heavy (non-hydrogen) atoms. The van der Waals surface area contributed by atoms with Crippen LogP contribution in [0.5, 0.6) is 5.75 Å². The number of aromatic carboxylic acids is 1. The summed E-state index contributed by atoms with van der Waals surface area (Å²) in [5, 5.41) is 12.2. The van der Waals surface area contributed by atoms with E-state index in [4.69, 9.17) is 4.74 Å². The molecular weight excluding hydrogens is 306 g/mol. The van der Waals surface area contributed by atoms with Crippen molar-refractivity contribution in [2.24, 2.45) is 0 Å². The van der Waals surface area contributed by atoms with Crippen molar-refractivity contribution in [2.75, 3.05) is 7.11 Å². The lowest BCUT2D eigenvalue weighted by molar-refractivity contribution is 0.0696. The largest absolute Gasteiger partial charge is 0.496 e. The van der Waals surface area contributed by atoms with E-state index in [0.29, 0.717) is 11.1 Å². The number of benzene rings is 2. The minimum Gasteiger partial charge on any atom is -0.496 e. The fraction of sp³-hybridized carbons (Fsp3) is 0.263. The van der Waals surface area contributed by atoms with Crippen LogP contribution >= 0.6 is 0 Å². The molecule has 0 heterocycles. The standard InChI is InChI=1S/C19H19NO4/c1-11-12(5-3-6-13(11)19(22)23)18(21)20-16-10-9-15-14(16)7-4-8-17(15)24-2/h3-8,16H,9-10H2,1-2H3,(H,20,21)(H,22,23). The number of carboxylic acids is 1. The Bertz CT molecular complexity index is 813. The van der Waals surface area contributed by atoms with Gasteiger partial charge in [-0.1, -0.05) is 18.2 Å². The maximum Gasteiger partial charge on any atom is 0.335 e. The highest BCUT2D eigenvalue weighted by Crippen LogP contribution is 2.37. The van der Waals surface area contributed by atoms with Crippen molar-refractivity contribution in [3.05, 3.63) is 64.2 Å². The third-order valence-electron chi connectivity index (χ3n) is 4.56. The monoisotopic (exact) mass is 325 g/mol. The van der Waals surface area contributed by atoms with E-state index >= 15 is 0 Å². The van der Waals surface area contributed by atoms with Gasteiger partial charge in [0.2, 0.25) is 0 Å². The summed E-state index contributed by atoms with van der Waals surface area (Å²) in [5.74, 6) is -0.442. The first-order valence-corrected chi connectivity index (χ1v) is 7.82. The van der Waals surface area contributed by atoms with Gasteiger partial charge >= 0.3 is 5.97 Å². The maximum absolute atomic E-state index is 12.6. The van der Waals surface area contributed by atoms with Gasteiger partial charge in [0.25, 0.3) is 5.91 Å². The van der Waals surface area contributed by atoms with Crippen LogP contribution in [-0.4, -0.2) is 24.1 Å². The van der Waals surface area contributed by atoms with Gasteiger partial charge < -0.3 is 15.2 Å². The van der Waals surface area contributed by atoms with Gasteiger partial charge in [-0.2, -0.15) is 0 Å². The third-order valence-corrected chi connectivity index (χ3v) is 4.56. The van der Waals surface area contributed by atoms with Crippen molar-refractivity contribution < 1.29 is 19.4 Å². The molecule has 3 rings (SSSR count). The first kappa shape index (κ1) is 16.1. The van der Waals surface area contributed by atoms with Crippen LogP contribution in [0.3, 0.4) is 0 Å². The summed E-state index contributed by atoms with van der Waals surface area (Å²) in [6.07, 6.45) is 1.65. The number of rotatable bonds is 4. The number of carboxylic acid groups (broad SMARTS) is 1. The Morgan fingerprint density at radius 2 is 1.88 bits per heavy atom. The van der Waals surface area contributed by atoms with Gasteiger partial charge in [-0.25, -0.2) is 4.79 Å². The van der Waals surface area contributed by atoms with E-state index in [0.717, 1.165) is 29.7 Å². The Balaban J connectivity index is 1.86. The highest BCUT2D eigenvalue weighted by molar-refractivity contribution is 6.00. The lowest BCUT2D eigenvalue weighted by atomic mass is 10.0. The highest BCUT2D eigenvalue weighted by atomic mass is 16.5. The molecule has 1 aliphatic rings. The van der Waals surface area contributed by atoms with Crippen LogP contribution in [0.2, 0.25) is 0 Å². The normalized spacial score (nSPS) is 15.7. The number of fused-ring (bicyclic) bond motifs is 1. The second-order valence-corrected chi connectivity index (χ2v) is 5.88. The average molecular weight is 325 g/mol. The summed E-state index contributed by atoms with van der Waals surface area (Å²) in [5.41, 5.74) is 3.21. The highest BCUT2D eigenvalue weighted by Gasteiger charge is 2.27. The molecule has 1 atom stereocenters. The van der Waals surface area contributed by atoms with Crippen molar-refractivity contribution in [1.29, 1.82) is 0 Å². The van der Waals surface area contributed by atoms with Crippen LogP contribution in [0.25, 0.3) is 0 Å². The zero-order valence-electron chi connectivity index (χ0n) is 13.6. The van der Waals surface area contributed by atoms with Gasteiger partial charge in [-0.15, -0.1) is 0 Å². The Labute approximate surface area is 140 Å². The SMILES string of the molecule is COc1cccc2c1CCC2NC(=O)c1cccc(C(=O)O)c1C. The number of hydrogen-bond donors (Lipinski definition) is 2. The third kappa shape index (κ3) is 2.73. The molecule has 0 fully saturated rings. The van der Waals surface area contributed by atoms with Crippen molar-refractivity contribution >= 4 is 11.9 Å². The van der Waals surface area contributed by atoms with Crippen LogP contribution in [0.15, 0.2) is 36.4 Å². The summed E-state index contributed by atoms with van der Waals surface area (Å²) in [7, 11) is 1.64. The number of ether oxygens (including phenoxy) is 1. The summed E-state index contributed by atoms with van der Waals surface area (Å²) in [4.78, 5) is 23.9. The predicted octanol–water partition coefficient (Wildman–Crippen LogP) is 3.12. The molecule has 1 unspecified atom stereocenters. The zero-order chi connectivity index (χ0) is 17.3. The van der Waals surface area contributed by atoms with Crippen LogP contribution in [0.4, 0.5) is 0 Å². The van der Waals surface area contributed by atoms with Crippen LogP contribution in [0, 0.1) is 6.92 Å². The van der Waals surface area contributed by atoms with Crippen molar-refractivity contribution in [1.82, 2.24) is 5.32 Å². The minimum absolute atomic E-state index is 0.0875. The van der Waals surface area contributed by atoms with Gasteiger partial charge in [0.15, 0.2) is 0 Å². The molecule has 0 aromatic heterocycles. The average Bonchev–Trinajstić information content (AvgIpc) is 2.97. The number of methoxy groups -OCH3 is 1. The molecule has 1 aliphatic carbocycles. The van der Waals surface area contributed by atoms with Crippen molar-refractivity contribution in [3.8, 4) is 5.75 Å². The van der Waals surface area contributed by atoms with Crippen LogP contribution in [-0.2, 0) is 6.42 Å². The van der Waals surface area contributed by atoms with E-state index in [1.54, 1.807) is 26.2 Å². The number of carbonyl (C=O) groups excluding carboxylic acids is 1. The molecular formula is C19H19NO4. The maximum atomic E-state index is 12.6. The van der Waals surface area contributed by atoms with E-state index in [1.165, 1.54) is 6.07 Å². The Kier molecular flexibility index (Phi) is 4.25. The molecule has 0 aliphatic heterocycles. The van der Waals surface area contributed by atoms with Crippen LogP contribution in [0.1, 0.15) is 49.9 Å². The molecule has 0 saturated carbocycles. The first-order chi connectivity index (χ1) is 11.5. The van der Waals surface area contributed by atoms with E-state index in [-0.39, 0.29) is 17.5 Å². The predicted molar refractivity (Wildman–Crippen MR) is 89.7 cm³/mol. The molecule has 1 amide bonds. The lowest BCUT2D eigenvalue weighted by Gasteiger charge is -2.16. The van der Waals surface area contributed by atoms with Crippen LogP contribution < -0.4 is 10.1 Å². The van der Waals surface area contributed by atoms with Gasteiger partial charge in [0.1, 0.15) is 5.75 Å². The topological polar surface area (TPSA) is 75.6 Å².